The topological polar surface area (TPSA) is 38.0 Å². The summed E-state index contributed by atoms with van der Waals surface area (Å²) in [4.78, 5) is 0. The number of hydrogen-bond donors (Lipinski definition) is 2. The van der Waals surface area contributed by atoms with E-state index in [1.165, 1.54) is 17.7 Å². The molecule has 100 valence electrons. The van der Waals surface area contributed by atoms with Crippen LogP contribution >= 0.6 is 0 Å². The fraction of sp³-hybridized carbons (Fsp3) is 0.250. The third-order valence-corrected chi connectivity index (χ3v) is 3.05. The van der Waals surface area contributed by atoms with E-state index in [4.69, 9.17) is 5.73 Å². The van der Waals surface area contributed by atoms with E-state index < -0.39 is 0 Å². The maximum Gasteiger partial charge on any atom is 0.123 e. The van der Waals surface area contributed by atoms with Crippen LogP contribution in [0.5, 0.6) is 0 Å². The second-order valence-electron chi connectivity index (χ2n) is 4.63. The molecular weight excluding hydrogens is 239 g/mol. The second-order valence-corrected chi connectivity index (χ2v) is 4.63. The van der Waals surface area contributed by atoms with E-state index in [0.29, 0.717) is 0 Å². The molecular formula is C16H19FN2. The van der Waals surface area contributed by atoms with Gasteiger partial charge in [0.1, 0.15) is 5.82 Å². The number of hydrogen-bond acceptors (Lipinski definition) is 2. The standard InChI is InChI=1S/C16H19FN2/c17-14-6-10-16(11-7-14)19-12-2-1-3-13-4-8-15(18)9-5-13/h4-11,19H,1-3,12,18H2. The molecule has 0 saturated carbocycles. The summed E-state index contributed by atoms with van der Waals surface area (Å²) in [5.74, 6) is -0.200. The van der Waals surface area contributed by atoms with Crippen LogP contribution in [0, 0.1) is 5.82 Å². The monoisotopic (exact) mass is 258 g/mol. The summed E-state index contributed by atoms with van der Waals surface area (Å²) >= 11 is 0. The van der Waals surface area contributed by atoms with Crippen LogP contribution in [0.4, 0.5) is 15.8 Å². The van der Waals surface area contributed by atoms with Gasteiger partial charge in [0.2, 0.25) is 0 Å². The molecule has 0 aromatic heterocycles. The van der Waals surface area contributed by atoms with E-state index in [1.54, 1.807) is 12.1 Å². The second kappa shape index (κ2) is 6.78. The predicted octanol–water partition coefficient (Wildman–Crippen LogP) is 3.84. The summed E-state index contributed by atoms with van der Waals surface area (Å²) in [7, 11) is 0. The van der Waals surface area contributed by atoms with E-state index in [1.807, 2.05) is 12.1 Å². The molecule has 0 aliphatic heterocycles. The van der Waals surface area contributed by atoms with Crippen molar-refractivity contribution in [1.29, 1.82) is 0 Å². The first-order valence-corrected chi connectivity index (χ1v) is 6.58. The molecule has 3 N–H and O–H groups in total. The van der Waals surface area contributed by atoms with Crippen molar-refractivity contribution in [1.82, 2.24) is 0 Å². The van der Waals surface area contributed by atoms with Gasteiger partial charge in [0.05, 0.1) is 0 Å². The number of nitrogens with one attached hydrogen (secondary N) is 1. The Morgan fingerprint density at radius 1 is 0.895 bits per heavy atom. The minimum Gasteiger partial charge on any atom is -0.399 e. The first-order valence-electron chi connectivity index (χ1n) is 6.58. The van der Waals surface area contributed by atoms with Crippen molar-refractivity contribution < 1.29 is 4.39 Å². The number of unbranched alkanes of at least 4 members (excludes halogenated alkanes) is 1. The first-order chi connectivity index (χ1) is 9.24. The number of halogens is 1. The SMILES string of the molecule is Nc1ccc(CCCCNc2ccc(F)cc2)cc1. The van der Waals surface area contributed by atoms with Crippen molar-refractivity contribution in [3.8, 4) is 0 Å². The Hall–Kier alpha value is -2.03. The van der Waals surface area contributed by atoms with Gasteiger partial charge < -0.3 is 11.1 Å². The molecule has 0 radical (unpaired) electrons. The van der Waals surface area contributed by atoms with Crippen LogP contribution in [0.15, 0.2) is 48.5 Å². The molecule has 2 rings (SSSR count). The zero-order chi connectivity index (χ0) is 13.5. The molecule has 3 heteroatoms. The smallest absolute Gasteiger partial charge is 0.123 e. The first kappa shape index (κ1) is 13.4. The number of rotatable bonds is 6. The summed E-state index contributed by atoms with van der Waals surface area (Å²) in [6, 6.07) is 14.5. The number of anilines is 2. The number of aryl methyl sites for hydroxylation is 1. The van der Waals surface area contributed by atoms with Crippen molar-refractivity contribution in [2.45, 2.75) is 19.3 Å². The highest BCUT2D eigenvalue weighted by molar-refractivity contribution is 5.42. The van der Waals surface area contributed by atoms with Crippen LogP contribution in [-0.4, -0.2) is 6.54 Å². The minimum atomic E-state index is -0.200. The third kappa shape index (κ3) is 4.62. The fourth-order valence-electron chi connectivity index (χ4n) is 1.94. The molecule has 0 saturated heterocycles. The van der Waals surface area contributed by atoms with Crippen LogP contribution in [-0.2, 0) is 6.42 Å². The molecule has 19 heavy (non-hydrogen) atoms. The molecule has 2 aromatic carbocycles. The molecule has 0 aliphatic rings. The van der Waals surface area contributed by atoms with Gasteiger partial charge in [0.25, 0.3) is 0 Å². The maximum atomic E-state index is 12.7. The van der Waals surface area contributed by atoms with Crippen LogP contribution in [0.3, 0.4) is 0 Å². The summed E-state index contributed by atoms with van der Waals surface area (Å²) < 4.78 is 12.7. The molecule has 0 spiro atoms. The van der Waals surface area contributed by atoms with Gasteiger partial charge in [-0.3, -0.25) is 0 Å². The van der Waals surface area contributed by atoms with Gasteiger partial charge in [-0.1, -0.05) is 12.1 Å². The van der Waals surface area contributed by atoms with Gasteiger partial charge in [-0.15, -0.1) is 0 Å². The normalized spacial score (nSPS) is 10.4. The highest BCUT2D eigenvalue weighted by Gasteiger charge is 1.95. The number of benzene rings is 2. The molecule has 0 aliphatic carbocycles. The lowest BCUT2D eigenvalue weighted by Gasteiger charge is -2.06. The molecule has 0 atom stereocenters. The maximum absolute atomic E-state index is 12.7. The molecule has 0 bridgehead atoms. The average Bonchev–Trinajstić information content (AvgIpc) is 2.43. The lowest BCUT2D eigenvalue weighted by Crippen LogP contribution is -2.02. The number of nitrogen functional groups attached to an aromatic ring is 1. The molecule has 0 fully saturated rings. The van der Waals surface area contributed by atoms with E-state index in [0.717, 1.165) is 37.2 Å². The lowest BCUT2D eigenvalue weighted by atomic mass is 10.1. The van der Waals surface area contributed by atoms with Crippen LogP contribution < -0.4 is 11.1 Å². The van der Waals surface area contributed by atoms with Gasteiger partial charge in [0.15, 0.2) is 0 Å². The summed E-state index contributed by atoms with van der Waals surface area (Å²) in [5, 5.41) is 3.28. The Morgan fingerprint density at radius 3 is 2.26 bits per heavy atom. The highest BCUT2D eigenvalue weighted by atomic mass is 19.1. The van der Waals surface area contributed by atoms with Crippen molar-refractivity contribution in [2.24, 2.45) is 0 Å². The zero-order valence-corrected chi connectivity index (χ0v) is 10.9. The Bertz CT molecular complexity index is 444. The molecule has 0 heterocycles. The van der Waals surface area contributed by atoms with Gasteiger partial charge in [-0.25, -0.2) is 4.39 Å². The van der Waals surface area contributed by atoms with E-state index in [2.05, 4.69) is 17.4 Å². The Kier molecular flexibility index (Phi) is 4.78. The molecule has 2 nitrogen and oxygen atoms in total. The van der Waals surface area contributed by atoms with E-state index in [-0.39, 0.29) is 5.82 Å². The van der Waals surface area contributed by atoms with E-state index >= 15 is 0 Å². The third-order valence-electron chi connectivity index (χ3n) is 3.05. The van der Waals surface area contributed by atoms with Crippen molar-refractivity contribution in [2.75, 3.05) is 17.6 Å². The average molecular weight is 258 g/mol. The predicted molar refractivity (Wildman–Crippen MR) is 78.7 cm³/mol. The quantitative estimate of drug-likeness (QED) is 0.610. The summed E-state index contributed by atoms with van der Waals surface area (Å²) in [5.41, 5.74) is 8.73. The van der Waals surface area contributed by atoms with Gasteiger partial charge >= 0.3 is 0 Å². The molecule has 0 unspecified atom stereocenters. The Labute approximate surface area is 113 Å². The Balaban J connectivity index is 1.64. The van der Waals surface area contributed by atoms with Gasteiger partial charge in [-0.05, 0) is 61.2 Å². The molecule has 2 aromatic rings. The summed E-state index contributed by atoms with van der Waals surface area (Å²) in [6.45, 7) is 0.903. The van der Waals surface area contributed by atoms with Crippen LogP contribution in [0.2, 0.25) is 0 Å². The van der Waals surface area contributed by atoms with Crippen molar-refractivity contribution in [3.05, 3.63) is 59.9 Å². The van der Waals surface area contributed by atoms with Crippen LogP contribution in [0.25, 0.3) is 0 Å². The minimum absolute atomic E-state index is 0.200. The highest BCUT2D eigenvalue weighted by Crippen LogP contribution is 2.10. The van der Waals surface area contributed by atoms with E-state index in [9.17, 15) is 4.39 Å². The molecule has 0 amide bonds. The van der Waals surface area contributed by atoms with Gasteiger partial charge in [-0.2, -0.15) is 0 Å². The lowest BCUT2D eigenvalue weighted by molar-refractivity contribution is 0.628. The Morgan fingerprint density at radius 2 is 1.58 bits per heavy atom. The fourth-order valence-corrected chi connectivity index (χ4v) is 1.94. The summed E-state index contributed by atoms with van der Waals surface area (Å²) in [6.07, 6.45) is 3.27. The van der Waals surface area contributed by atoms with Crippen molar-refractivity contribution >= 4 is 11.4 Å². The van der Waals surface area contributed by atoms with Crippen LogP contribution in [0.1, 0.15) is 18.4 Å². The zero-order valence-electron chi connectivity index (χ0n) is 10.9. The van der Waals surface area contributed by atoms with Crippen molar-refractivity contribution in [3.63, 3.8) is 0 Å². The number of nitrogens with two attached hydrogens (primary N) is 1. The largest absolute Gasteiger partial charge is 0.399 e. The van der Waals surface area contributed by atoms with Gasteiger partial charge in [0, 0.05) is 17.9 Å².